The molecule has 0 aromatic carbocycles. The monoisotopic (exact) mass is 682 g/mol. The number of ether oxygens (including phenoxy) is 1. The lowest BCUT2D eigenvalue weighted by atomic mass is 9.32. The molecule has 5 rings (SSSR count). The van der Waals surface area contributed by atoms with Gasteiger partial charge in [0.15, 0.2) is 0 Å². The van der Waals surface area contributed by atoms with Crippen LogP contribution in [0.5, 0.6) is 0 Å². The predicted molar refractivity (Wildman–Crippen MR) is 191 cm³/mol. The Morgan fingerprint density at radius 2 is 1.47 bits per heavy atom. The first-order valence-corrected chi connectivity index (χ1v) is 19.2. The van der Waals surface area contributed by atoms with E-state index in [1.165, 1.54) is 12.5 Å². The molecule has 2 amide bonds. The number of esters is 1. The normalized spacial score (nSPS) is 40.8. The second kappa shape index (κ2) is 13.0. The number of carboxylic acids is 1. The minimum Gasteiger partial charge on any atom is -0.481 e. The van der Waals surface area contributed by atoms with Gasteiger partial charge in [0.2, 0.25) is 11.8 Å². The highest BCUT2D eigenvalue weighted by Crippen LogP contribution is 2.77. The number of nitrogens with one attached hydrogen (secondary N) is 2. The number of carbonyl (C=O) groups is 4. The number of carboxylic acid groups (broad SMARTS) is 1. The van der Waals surface area contributed by atoms with Crippen LogP contribution in [-0.4, -0.2) is 48.1 Å². The van der Waals surface area contributed by atoms with Gasteiger partial charge in [-0.3, -0.25) is 19.2 Å². The minimum absolute atomic E-state index is 0.0603. The van der Waals surface area contributed by atoms with E-state index >= 15 is 0 Å². The van der Waals surface area contributed by atoms with Crippen LogP contribution in [0.1, 0.15) is 139 Å². The van der Waals surface area contributed by atoms with E-state index in [9.17, 15) is 24.3 Å². The summed E-state index contributed by atoms with van der Waals surface area (Å²) in [6, 6.07) is 0. The van der Waals surface area contributed by atoms with Crippen LogP contribution in [0.2, 0.25) is 0 Å². The summed E-state index contributed by atoms with van der Waals surface area (Å²) >= 11 is 0. The molecule has 10 atom stereocenters. The first-order valence-electron chi connectivity index (χ1n) is 19.2. The fraction of sp³-hybridized carbons (Fsp3) is 0.854. The molecule has 8 nitrogen and oxygen atoms in total. The van der Waals surface area contributed by atoms with Gasteiger partial charge in [-0.2, -0.15) is 0 Å². The summed E-state index contributed by atoms with van der Waals surface area (Å²) in [4.78, 5) is 50.2. The van der Waals surface area contributed by atoms with Crippen molar-refractivity contribution in [2.75, 3.05) is 13.1 Å². The second-order valence-corrected chi connectivity index (χ2v) is 19.3. The van der Waals surface area contributed by atoms with E-state index in [0.717, 1.165) is 64.2 Å². The number of allylic oxidation sites excluding steroid dienone is 1. The summed E-state index contributed by atoms with van der Waals surface area (Å²) in [6.07, 6.45) is 10.2. The molecule has 0 saturated heterocycles. The number of hydrogen-bond donors (Lipinski definition) is 3. The maximum atomic E-state index is 14.2. The number of amides is 2. The Labute approximate surface area is 295 Å². The van der Waals surface area contributed by atoms with Crippen LogP contribution in [0, 0.1) is 62.1 Å². The van der Waals surface area contributed by atoms with Crippen molar-refractivity contribution in [1.29, 1.82) is 0 Å². The van der Waals surface area contributed by atoms with Gasteiger partial charge < -0.3 is 20.5 Å². The largest absolute Gasteiger partial charge is 0.481 e. The van der Waals surface area contributed by atoms with E-state index in [1.807, 2.05) is 13.8 Å². The number of hydrogen-bond acceptors (Lipinski definition) is 5. The molecule has 0 aromatic heterocycles. The Bertz CT molecular complexity index is 1350. The Balaban J connectivity index is 1.38. The summed E-state index contributed by atoms with van der Waals surface area (Å²) in [5.41, 5.74) is 0.363. The van der Waals surface area contributed by atoms with Crippen molar-refractivity contribution in [3.05, 3.63) is 12.2 Å². The van der Waals surface area contributed by atoms with Gasteiger partial charge in [0.1, 0.15) is 6.10 Å². The van der Waals surface area contributed by atoms with Crippen molar-refractivity contribution in [3.63, 3.8) is 0 Å². The summed E-state index contributed by atoms with van der Waals surface area (Å²) in [5, 5.41) is 15.4. The molecule has 8 heteroatoms. The average molecular weight is 683 g/mol. The summed E-state index contributed by atoms with van der Waals surface area (Å²) < 4.78 is 6.25. The maximum absolute atomic E-state index is 14.2. The van der Waals surface area contributed by atoms with Crippen LogP contribution in [0.4, 0.5) is 0 Å². The van der Waals surface area contributed by atoms with E-state index in [2.05, 4.69) is 58.8 Å². The van der Waals surface area contributed by atoms with Crippen molar-refractivity contribution < 1.29 is 29.0 Å². The van der Waals surface area contributed by atoms with Crippen LogP contribution in [0.15, 0.2) is 12.2 Å². The number of aliphatic carboxylic acids is 1. The van der Waals surface area contributed by atoms with Gasteiger partial charge >= 0.3 is 11.9 Å². The smallest absolute Gasteiger partial charge is 0.306 e. The zero-order chi connectivity index (χ0) is 36.4. The van der Waals surface area contributed by atoms with Crippen LogP contribution in [0.25, 0.3) is 0 Å². The van der Waals surface area contributed by atoms with Gasteiger partial charge in [0, 0.05) is 25.4 Å². The lowest BCUT2D eigenvalue weighted by Gasteiger charge is -2.72. The van der Waals surface area contributed by atoms with E-state index in [4.69, 9.17) is 4.74 Å². The van der Waals surface area contributed by atoms with Gasteiger partial charge in [-0.15, -0.1) is 0 Å². The second-order valence-electron chi connectivity index (χ2n) is 19.3. The van der Waals surface area contributed by atoms with Crippen LogP contribution < -0.4 is 10.6 Å². The SMILES string of the molecule is C=C(C)[C@@H]1CC[C@]2(C(=O)NCCNC(C)=O)CC[C@]3(C)[C@H](CCC4[C@@]5(C)CC[C@H](OC(=O)CC(C)(C)CC(=O)O)C(C)(C)C5CC[C@]43C)C12. The van der Waals surface area contributed by atoms with Crippen molar-refractivity contribution in [2.24, 2.45) is 62.1 Å². The Morgan fingerprint density at radius 3 is 2.10 bits per heavy atom. The third-order valence-corrected chi connectivity index (χ3v) is 15.8. The molecule has 0 aromatic rings. The van der Waals surface area contributed by atoms with E-state index in [1.54, 1.807) is 0 Å². The minimum atomic E-state index is -0.895. The number of fused-ring (bicyclic) bond motifs is 7. The molecule has 0 heterocycles. The van der Waals surface area contributed by atoms with E-state index in [0.29, 0.717) is 36.8 Å². The lowest BCUT2D eigenvalue weighted by Crippen LogP contribution is -2.67. The molecule has 276 valence electrons. The van der Waals surface area contributed by atoms with Gasteiger partial charge in [-0.05, 0) is 122 Å². The summed E-state index contributed by atoms with van der Waals surface area (Å²) in [5.74, 6) is 0.976. The van der Waals surface area contributed by atoms with Crippen molar-refractivity contribution in [1.82, 2.24) is 10.6 Å². The Hall–Kier alpha value is -2.38. The average Bonchev–Trinajstić information content (AvgIpc) is 3.37. The molecule has 0 spiro atoms. The standard InChI is InChI=1S/C41H66N2O6/c1-25(2)27-13-18-41(35(48)43-22-21-42-26(3)44)20-19-39(9)28(34(27)41)11-12-30-38(8)16-15-31(37(6,7)29(38)14-17-40(30,39)10)49-33(47)24-36(4,5)23-32(45)46/h27-31,34H,1,11-24H2,2-10H3,(H,42,44)(H,43,48)(H,45,46)/t27-,28+,29?,30?,31-,34?,38-,39+,40+,41-/m0/s1. The van der Waals surface area contributed by atoms with Crippen LogP contribution in [-0.2, 0) is 23.9 Å². The molecule has 5 saturated carbocycles. The molecule has 0 bridgehead atoms. The topological polar surface area (TPSA) is 122 Å². The summed E-state index contributed by atoms with van der Waals surface area (Å²) in [7, 11) is 0. The fourth-order valence-corrected chi connectivity index (χ4v) is 13.4. The fourth-order valence-electron chi connectivity index (χ4n) is 13.4. The highest BCUT2D eigenvalue weighted by molar-refractivity contribution is 5.84. The van der Waals surface area contributed by atoms with E-state index < -0.39 is 11.4 Å². The molecular weight excluding hydrogens is 616 g/mol. The van der Waals surface area contributed by atoms with Crippen LogP contribution in [0.3, 0.4) is 0 Å². The van der Waals surface area contributed by atoms with Gasteiger partial charge in [0.05, 0.1) is 18.3 Å². The Kier molecular flexibility index (Phi) is 10.0. The third-order valence-electron chi connectivity index (χ3n) is 15.8. The molecule has 3 N–H and O–H groups in total. The number of carbonyl (C=O) groups excluding carboxylic acids is 3. The third kappa shape index (κ3) is 6.27. The van der Waals surface area contributed by atoms with Crippen molar-refractivity contribution in [2.45, 2.75) is 145 Å². The Morgan fingerprint density at radius 1 is 0.796 bits per heavy atom. The predicted octanol–water partition coefficient (Wildman–Crippen LogP) is 7.70. The zero-order valence-electron chi connectivity index (χ0n) is 32.1. The first kappa shape index (κ1) is 37.9. The van der Waals surface area contributed by atoms with E-state index in [-0.39, 0.29) is 69.7 Å². The van der Waals surface area contributed by atoms with Gasteiger partial charge in [-0.25, -0.2) is 0 Å². The highest BCUT2D eigenvalue weighted by Gasteiger charge is 2.72. The molecule has 5 fully saturated rings. The zero-order valence-corrected chi connectivity index (χ0v) is 32.1. The first-order chi connectivity index (χ1) is 22.6. The maximum Gasteiger partial charge on any atom is 0.306 e. The quantitative estimate of drug-likeness (QED) is 0.123. The molecule has 5 aliphatic rings. The summed E-state index contributed by atoms with van der Waals surface area (Å²) in [6.45, 7) is 25.0. The van der Waals surface area contributed by atoms with Crippen molar-refractivity contribution >= 4 is 23.8 Å². The van der Waals surface area contributed by atoms with Crippen molar-refractivity contribution in [3.8, 4) is 0 Å². The number of rotatable bonds is 10. The highest BCUT2D eigenvalue weighted by atomic mass is 16.5. The molecule has 49 heavy (non-hydrogen) atoms. The van der Waals surface area contributed by atoms with Gasteiger partial charge in [-0.1, -0.05) is 60.6 Å². The molecule has 0 aliphatic heterocycles. The molecule has 3 unspecified atom stereocenters. The lowest BCUT2D eigenvalue weighted by molar-refractivity contribution is -0.249. The molecule has 5 aliphatic carbocycles. The molecule has 0 radical (unpaired) electrons. The van der Waals surface area contributed by atoms with Crippen LogP contribution >= 0.6 is 0 Å². The molecular formula is C41H66N2O6. The van der Waals surface area contributed by atoms with Gasteiger partial charge in [0.25, 0.3) is 0 Å².